The van der Waals surface area contributed by atoms with Crippen LogP contribution in [0.1, 0.15) is 25.0 Å². The first-order valence-corrected chi connectivity index (χ1v) is 8.24. The summed E-state index contributed by atoms with van der Waals surface area (Å²) >= 11 is 0. The van der Waals surface area contributed by atoms with Gasteiger partial charge in [-0.05, 0) is 55.3 Å². The third-order valence-electron chi connectivity index (χ3n) is 3.65. The maximum absolute atomic E-state index is 12.1. The second-order valence-electron chi connectivity index (χ2n) is 5.60. The van der Waals surface area contributed by atoms with E-state index >= 15 is 0 Å². The van der Waals surface area contributed by atoms with Gasteiger partial charge >= 0.3 is 5.97 Å². The lowest BCUT2D eigenvalue weighted by Crippen LogP contribution is -2.31. The quantitative estimate of drug-likeness (QED) is 0.774. The van der Waals surface area contributed by atoms with Gasteiger partial charge in [0.2, 0.25) is 0 Å². The Balaban J connectivity index is 1.79. The number of nitriles is 1. The summed E-state index contributed by atoms with van der Waals surface area (Å²) in [7, 11) is 0. The van der Waals surface area contributed by atoms with Crippen molar-refractivity contribution in [3.8, 4) is 11.8 Å². The minimum atomic E-state index is -0.968. The van der Waals surface area contributed by atoms with Crippen LogP contribution >= 0.6 is 0 Å². The number of aryl methyl sites for hydroxylation is 1. The van der Waals surface area contributed by atoms with Gasteiger partial charge in [0.25, 0.3) is 5.91 Å². The zero-order chi connectivity index (χ0) is 18.9. The third kappa shape index (κ3) is 5.64. The smallest absolute Gasteiger partial charge is 0.344 e. The number of amides is 1. The molecule has 1 amide bonds. The molecule has 0 aliphatic carbocycles. The zero-order valence-electron chi connectivity index (χ0n) is 14.7. The maximum atomic E-state index is 12.1. The standard InChI is InChI=1S/C20H20N2O4/c1-3-15-6-10-18(11-7-15)25-13-19(23)26-14(2)20(24)22-17-8-4-16(12-21)5-9-17/h4-11,14H,3,13H2,1-2H3,(H,22,24)/t14-/m1/s1. The van der Waals surface area contributed by atoms with Crippen LogP contribution in [-0.4, -0.2) is 24.6 Å². The fourth-order valence-electron chi connectivity index (χ4n) is 2.12. The summed E-state index contributed by atoms with van der Waals surface area (Å²) in [4.78, 5) is 23.9. The molecule has 0 aromatic heterocycles. The van der Waals surface area contributed by atoms with Crippen molar-refractivity contribution < 1.29 is 19.1 Å². The van der Waals surface area contributed by atoms with Crippen molar-refractivity contribution in [3.63, 3.8) is 0 Å². The molecule has 2 aromatic carbocycles. The fraction of sp³-hybridized carbons (Fsp3) is 0.250. The molecule has 2 rings (SSSR count). The molecule has 26 heavy (non-hydrogen) atoms. The topological polar surface area (TPSA) is 88.4 Å². The van der Waals surface area contributed by atoms with Crippen LogP contribution in [0.15, 0.2) is 48.5 Å². The zero-order valence-corrected chi connectivity index (χ0v) is 14.7. The monoisotopic (exact) mass is 352 g/mol. The van der Waals surface area contributed by atoms with E-state index in [0.29, 0.717) is 17.0 Å². The van der Waals surface area contributed by atoms with E-state index in [4.69, 9.17) is 14.7 Å². The van der Waals surface area contributed by atoms with Gasteiger partial charge in [0.05, 0.1) is 11.6 Å². The SMILES string of the molecule is CCc1ccc(OCC(=O)O[C@H](C)C(=O)Nc2ccc(C#N)cc2)cc1. The summed E-state index contributed by atoms with van der Waals surface area (Å²) in [6.45, 7) is 3.25. The van der Waals surface area contributed by atoms with Crippen molar-refractivity contribution in [2.45, 2.75) is 26.4 Å². The van der Waals surface area contributed by atoms with E-state index in [1.807, 2.05) is 18.2 Å². The van der Waals surface area contributed by atoms with Crippen molar-refractivity contribution in [1.82, 2.24) is 0 Å². The molecule has 0 heterocycles. The van der Waals surface area contributed by atoms with E-state index in [1.54, 1.807) is 36.4 Å². The normalized spacial score (nSPS) is 11.1. The van der Waals surface area contributed by atoms with Gasteiger partial charge in [-0.15, -0.1) is 0 Å². The highest BCUT2D eigenvalue weighted by molar-refractivity contribution is 5.95. The highest BCUT2D eigenvalue weighted by Crippen LogP contribution is 2.13. The average molecular weight is 352 g/mol. The third-order valence-corrected chi connectivity index (χ3v) is 3.65. The Morgan fingerprint density at radius 3 is 2.35 bits per heavy atom. The van der Waals surface area contributed by atoms with Gasteiger partial charge in [-0.2, -0.15) is 5.26 Å². The van der Waals surface area contributed by atoms with Gasteiger partial charge in [-0.3, -0.25) is 4.79 Å². The van der Waals surface area contributed by atoms with Gasteiger partial charge in [0.1, 0.15) is 5.75 Å². The Bertz CT molecular complexity index is 792. The Hall–Kier alpha value is -3.33. The number of carbonyl (C=O) groups excluding carboxylic acids is 2. The molecular weight excluding hydrogens is 332 g/mol. The molecule has 1 N–H and O–H groups in total. The Morgan fingerprint density at radius 2 is 1.77 bits per heavy atom. The number of nitrogens with zero attached hydrogens (tertiary/aromatic N) is 1. The van der Waals surface area contributed by atoms with Crippen molar-refractivity contribution in [2.24, 2.45) is 0 Å². The predicted octanol–water partition coefficient (Wildman–Crippen LogP) is 3.07. The second-order valence-corrected chi connectivity index (χ2v) is 5.60. The summed E-state index contributed by atoms with van der Waals surface area (Å²) in [6, 6.07) is 15.8. The first kappa shape index (κ1) is 19.0. The molecule has 6 heteroatoms. The molecule has 6 nitrogen and oxygen atoms in total. The molecule has 0 radical (unpaired) electrons. The van der Waals surface area contributed by atoms with Gasteiger partial charge < -0.3 is 14.8 Å². The van der Waals surface area contributed by atoms with Crippen LogP contribution in [-0.2, 0) is 20.7 Å². The Labute approximate surface area is 152 Å². The molecular formula is C20H20N2O4. The Kier molecular flexibility index (Phi) is 6.75. The number of rotatable bonds is 7. The molecule has 0 saturated carbocycles. The lowest BCUT2D eigenvalue weighted by atomic mass is 10.2. The highest BCUT2D eigenvalue weighted by Gasteiger charge is 2.18. The molecule has 134 valence electrons. The summed E-state index contributed by atoms with van der Waals surface area (Å²) in [5, 5.41) is 11.4. The fourth-order valence-corrected chi connectivity index (χ4v) is 2.12. The summed E-state index contributed by atoms with van der Waals surface area (Å²) < 4.78 is 10.4. The first-order chi connectivity index (χ1) is 12.5. The molecule has 0 bridgehead atoms. The molecule has 0 aliphatic rings. The number of hydrogen-bond donors (Lipinski definition) is 1. The van der Waals surface area contributed by atoms with Crippen LogP contribution in [0.25, 0.3) is 0 Å². The summed E-state index contributed by atoms with van der Waals surface area (Å²) in [5.41, 5.74) is 2.18. The lowest BCUT2D eigenvalue weighted by molar-refractivity contribution is -0.155. The molecule has 0 spiro atoms. The summed E-state index contributed by atoms with van der Waals surface area (Å²) in [5.74, 6) is -0.531. The van der Waals surface area contributed by atoms with Crippen LogP contribution in [0.4, 0.5) is 5.69 Å². The van der Waals surface area contributed by atoms with Gasteiger partial charge in [0.15, 0.2) is 12.7 Å². The van der Waals surface area contributed by atoms with Gasteiger partial charge in [0, 0.05) is 5.69 Å². The van der Waals surface area contributed by atoms with Crippen LogP contribution in [0, 0.1) is 11.3 Å². The van der Waals surface area contributed by atoms with Crippen LogP contribution < -0.4 is 10.1 Å². The Morgan fingerprint density at radius 1 is 1.12 bits per heavy atom. The number of hydrogen-bond acceptors (Lipinski definition) is 5. The van der Waals surface area contributed by atoms with E-state index < -0.39 is 18.0 Å². The average Bonchev–Trinajstić information content (AvgIpc) is 2.67. The summed E-state index contributed by atoms with van der Waals surface area (Å²) in [6.07, 6.45) is -0.0435. The van der Waals surface area contributed by atoms with Crippen LogP contribution in [0.5, 0.6) is 5.75 Å². The number of esters is 1. The van der Waals surface area contributed by atoms with Crippen molar-refractivity contribution in [1.29, 1.82) is 5.26 Å². The highest BCUT2D eigenvalue weighted by atomic mass is 16.6. The number of benzene rings is 2. The number of carbonyl (C=O) groups is 2. The van der Waals surface area contributed by atoms with E-state index in [0.717, 1.165) is 6.42 Å². The van der Waals surface area contributed by atoms with E-state index in [2.05, 4.69) is 12.2 Å². The van der Waals surface area contributed by atoms with Crippen LogP contribution in [0.2, 0.25) is 0 Å². The molecule has 0 aliphatic heterocycles. The lowest BCUT2D eigenvalue weighted by Gasteiger charge is -2.14. The number of anilines is 1. The molecule has 0 unspecified atom stereocenters. The van der Waals surface area contributed by atoms with Crippen LogP contribution in [0.3, 0.4) is 0 Å². The molecule has 1 atom stereocenters. The second kappa shape index (κ2) is 9.23. The van der Waals surface area contributed by atoms with E-state index in [9.17, 15) is 9.59 Å². The molecule has 0 saturated heterocycles. The van der Waals surface area contributed by atoms with Crippen molar-refractivity contribution in [3.05, 3.63) is 59.7 Å². The predicted molar refractivity (Wildman–Crippen MR) is 96.7 cm³/mol. The largest absolute Gasteiger partial charge is 0.482 e. The first-order valence-electron chi connectivity index (χ1n) is 8.24. The maximum Gasteiger partial charge on any atom is 0.344 e. The van der Waals surface area contributed by atoms with E-state index in [-0.39, 0.29) is 6.61 Å². The van der Waals surface area contributed by atoms with E-state index in [1.165, 1.54) is 12.5 Å². The number of ether oxygens (including phenoxy) is 2. The van der Waals surface area contributed by atoms with Crippen molar-refractivity contribution >= 4 is 17.6 Å². The van der Waals surface area contributed by atoms with Gasteiger partial charge in [-0.25, -0.2) is 4.79 Å². The van der Waals surface area contributed by atoms with Gasteiger partial charge in [-0.1, -0.05) is 19.1 Å². The molecule has 0 fully saturated rings. The van der Waals surface area contributed by atoms with Crippen molar-refractivity contribution in [2.75, 3.05) is 11.9 Å². The minimum absolute atomic E-state index is 0.278. The number of nitrogens with one attached hydrogen (secondary N) is 1. The molecule has 2 aromatic rings. The minimum Gasteiger partial charge on any atom is -0.482 e.